The molecule has 20 heavy (non-hydrogen) atoms. The number of carbonyl (C=O) groups is 1. The summed E-state index contributed by atoms with van der Waals surface area (Å²) in [7, 11) is 0. The van der Waals surface area contributed by atoms with E-state index in [4.69, 9.17) is 10.2 Å². The summed E-state index contributed by atoms with van der Waals surface area (Å²) >= 11 is 0. The Hall–Kier alpha value is -1.97. The van der Waals surface area contributed by atoms with Crippen LogP contribution in [0.25, 0.3) is 0 Å². The molecule has 0 aromatic heterocycles. The van der Waals surface area contributed by atoms with E-state index in [1.165, 1.54) is 0 Å². The molecule has 0 amide bonds. The highest BCUT2D eigenvalue weighted by Gasteiger charge is 2.38. The molecular weight excluding hydrogens is 298 g/mol. The highest BCUT2D eigenvalue weighted by Crippen LogP contribution is 2.38. The first-order valence-electron chi connectivity index (χ1n) is 4.79. The van der Waals surface area contributed by atoms with Gasteiger partial charge >= 0.3 is 18.5 Å². The molecule has 0 bridgehead atoms. The number of rotatable bonds is 3. The molecule has 112 valence electrons. The van der Waals surface area contributed by atoms with Crippen LogP contribution in [0.15, 0.2) is 18.2 Å². The number of hydrogen-bond donors (Lipinski definition) is 2. The first-order chi connectivity index (χ1) is 8.92. The monoisotopic (exact) mass is 304 g/mol. The van der Waals surface area contributed by atoms with Gasteiger partial charge in [0.15, 0.2) is 6.10 Å². The summed E-state index contributed by atoms with van der Waals surface area (Å²) < 4.78 is 77.0. The molecular formula is C10H6F6O4. The van der Waals surface area contributed by atoms with Crippen LogP contribution < -0.4 is 4.74 Å². The molecule has 0 saturated heterocycles. The summed E-state index contributed by atoms with van der Waals surface area (Å²) in [5, 5.41) is 17.6. The summed E-state index contributed by atoms with van der Waals surface area (Å²) in [4.78, 5) is 10.5. The topological polar surface area (TPSA) is 66.8 Å². The van der Waals surface area contributed by atoms with Gasteiger partial charge in [-0.3, -0.25) is 0 Å². The number of aliphatic hydroxyl groups excluding tert-OH is 1. The third kappa shape index (κ3) is 4.02. The number of alkyl halides is 6. The van der Waals surface area contributed by atoms with Crippen LogP contribution >= 0.6 is 0 Å². The molecule has 0 aliphatic carbocycles. The Balaban J connectivity index is 3.31. The second-order valence-electron chi connectivity index (χ2n) is 3.54. The highest BCUT2D eigenvalue weighted by atomic mass is 19.4. The van der Waals surface area contributed by atoms with E-state index in [-0.39, 0.29) is 6.07 Å². The molecule has 0 spiro atoms. The number of ether oxygens (including phenoxy) is 1. The molecule has 0 saturated carbocycles. The normalized spacial score (nSPS) is 13.9. The van der Waals surface area contributed by atoms with Crippen molar-refractivity contribution in [2.75, 3.05) is 0 Å². The van der Waals surface area contributed by atoms with E-state index in [1.54, 1.807) is 0 Å². The molecule has 0 fully saturated rings. The maximum atomic E-state index is 12.6. The molecule has 1 rings (SSSR count). The lowest BCUT2D eigenvalue weighted by Gasteiger charge is -2.17. The van der Waals surface area contributed by atoms with E-state index in [1.807, 2.05) is 0 Å². The molecule has 10 heteroatoms. The number of halogens is 6. The Morgan fingerprint density at radius 2 is 1.70 bits per heavy atom. The maximum absolute atomic E-state index is 12.6. The third-order valence-corrected chi connectivity index (χ3v) is 2.09. The zero-order valence-electron chi connectivity index (χ0n) is 9.29. The molecule has 1 unspecified atom stereocenters. The molecule has 0 radical (unpaired) electrons. The van der Waals surface area contributed by atoms with Crippen LogP contribution in [0.5, 0.6) is 5.75 Å². The number of benzene rings is 1. The fourth-order valence-electron chi connectivity index (χ4n) is 1.35. The predicted octanol–water partition coefficient (Wildman–Crippen LogP) is 2.72. The molecule has 1 atom stereocenters. The van der Waals surface area contributed by atoms with E-state index in [0.29, 0.717) is 12.1 Å². The second-order valence-corrected chi connectivity index (χ2v) is 3.54. The lowest BCUT2D eigenvalue weighted by molar-refractivity contribution is -0.274. The molecule has 1 aromatic carbocycles. The van der Waals surface area contributed by atoms with Gasteiger partial charge in [-0.1, -0.05) is 6.07 Å². The van der Waals surface area contributed by atoms with Gasteiger partial charge in [0.2, 0.25) is 0 Å². The minimum atomic E-state index is -5.20. The van der Waals surface area contributed by atoms with Crippen molar-refractivity contribution >= 4 is 5.97 Å². The summed E-state index contributed by atoms with van der Waals surface area (Å²) in [5.74, 6) is -3.15. The standard InChI is InChI=1S/C10H6F6O4/c11-9(12,13)6-3-4(20-10(14,15)16)1-2-5(6)7(17)8(18)19/h1-3,7,17H,(H,18,19). The SMILES string of the molecule is O=C(O)C(O)c1ccc(OC(F)(F)F)cc1C(F)(F)F. The number of carboxylic acids is 1. The minimum Gasteiger partial charge on any atom is -0.479 e. The quantitative estimate of drug-likeness (QED) is 0.843. The summed E-state index contributed by atoms with van der Waals surface area (Å²) in [6, 6.07) is 0.849. The average molecular weight is 304 g/mol. The molecule has 4 nitrogen and oxygen atoms in total. The van der Waals surface area contributed by atoms with Crippen LogP contribution in [0.1, 0.15) is 17.2 Å². The van der Waals surface area contributed by atoms with Gasteiger partial charge in [0, 0.05) is 5.56 Å². The van der Waals surface area contributed by atoms with Crippen molar-refractivity contribution < 1.29 is 46.1 Å². The Morgan fingerprint density at radius 3 is 2.10 bits per heavy atom. The minimum absolute atomic E-state index is 0.0328. The van der Waals surface area contributed by atoms with Crippen molar-refractivity contribution in [3.63, 3.8) is 0 Å². The fourth-order valence-corrected chi connectivity index (χ4v) is 1.35. The Bertz CT molecular complexity index is 507. The van der Waals surface area contributed by atoms with Gasteiger partial charge in [-0.05, 0) is 12.1 Å². The number of carboxylic acid groups (broad SMARTS) is 1. The number of aliphatic carboxylic acids is 1. The number of aliphatic hydroxyl groups is 1. The largest absolute Gasteiger partial charge is 0.573 e. The van der Waals surface area contributed by atoms with Crippen molar-refractivity contribution in [2.24, 2.45) is 0 Å². The Labute approximate surface area is 107 Å². The van der Waals surface area contributed by atoms with E-state index < -0.39 is 41.5 Å². The van der Waals surface area contributed by atoms with E-state index >= 15 is 0 Å². The van der Waals surface area contributed by atoms with Crippen molar-refractivity contribution in [3.8, 4) is 5.75 Å². The third-order valence-electron chi connectivity index (χ3n) is 2.09. The molecule has 1 aromatic rings. The Kier molecular flexibility index (Phi) is 4.18. The zero-order chi connectivity index (χ0) is 15.7. The predicted molar refractivity (Wildman–Crippen MR) is 50.7 cm³/mol. The van der Waals surface area contributed by atoms with Gasteiger partial charge in [-0.2, -0.15) is 13.2 Å². The molecule has 0 heterocycles. The van der Waals surface area contributed by atoms with Crippen LogP contribution in [-0.2, 0) is 11.0 Å². The van der Waals surface area contributed by atoms with E-state index in [2.05, 4.69) is 4.74 Å². The first-order valence-corrected chi connectivity index (χ1v) is 4.79. The summed E-state index contributed by atoms with van der Waals surface area (Å²) in [6.45, 7) is 0. The number of hydrogen-bond acceptors (Lipinski definition) is 3. The first kappa shape index (κ1) is 16.1. The lowest BCUT2D eigenvalue weighted by atomic mass is 10.0. The fraction of sp³-hybridized carbons (Fsp3) is 0.300. The highest BCUT2D eigenvalue weighted by molar-refractivity contribution is 5.74. The van der Waals surface area contributed by atoms with Gasteiger partial charge in [0.05, 0.1) is 5.56 Å². The van der Waals surface area contributed by atoms with Gasteiger partial charge < -0.3 is 14.9 Å². The summed E-state index contributed by atoms with van der Waals surface area (Å²) in [5.41, 5.74) is -2.81. The van der Waals surface area contributed by atoms with E-state index in [9.17, 15) is 31.1 Å². The smallest absolute Gasteiger partial charge is 0.479 e. The van der Waals surface area contributed by atoms with Crippen LogP contribution in [0.3, 0.4) is 0 Å². The van der Waals surface area contributed by atoms with E-state index in [0.717, 1.165) is 0 Å². The molecule has 0 aliphatic rings. The Morgan fingerprint density at radius 1 is 1.15 bits per heavy atom. The van der Waals surface area contributed by atoms with Crippen LogP contribution in [0.2, 0.25) is 0 Å². The van der Waals surface area contributed by atoms with Gasteiger partial charge in [0.1, 0.15) is 5.75 Å². The van der Waals surface area contributed by atoms with Gasteiger partial charge in [-0.25, -0.2) is 4.79 Å². The van der Waals surface area contributed by atoms with Crippen LogP contribution in [0.4, 0.5) is 26.3 Å². The zero-order valence-corrected chi connectivity index (χ0v) is 9.29. The second kappa shape index (κ2) is 5.19. The van der Waals surface area contributed by atoms with Crippen molar-refractivity contribution in [1.82, 2.24) is 0 Å². The van der Waals surface area contributed by atoms with Crippen LogP contribution in [-0.4, -0.2) is 22.5 Å². The van der Waals surface area contributed by atoms with Gasteiger partial charge in [-0.15, -0.1) is 13.2 Å². The summed E-state index contributed by atoms with van der Waals surface area (Å²) in [6.07, 6.45) is -12.9. The van der Waals surface area contributed by atoms with Crippen LogP contribution in [0, 0.1) is 0 Å². The van der Waals surface area contributed by atoms with Crippen molar-refractivity contribution in [2.45, 2.75) is 18.6 Å². The molecule has 2 N–H and O–H groups in total. The van der Waals surface area contributed by atoms with Crippen molar-refractivity contribution in [3.05, 3.63) is 29.3 Å². The lowest BCUT2D eigenvalue weighted by Crippen LogP contribution is -2.20. The van der Waals surface area contributed by atoms with Gasteiger partial charge in [0.25, 0.3) is 0 Å². The average Bonchev–Trinajstić information content (AvgIpc) is 2.24. The maximum Gasteiger partial charge on any atom is 0.573 e. The molecule has 0 aliphatic heterocycles. The van der Waals surface area contributed by atoms with Crippen molar-refractivity contribution in [1.29, 1.82) is 0 Å².